The molecule has 0 spiro atoms. The van der Waals surface area contributed by atoms with Gasteiger partial charge in [-0.3, -0.25) is 14.5 Å². The molecular weight excluding hydrogens is 520 g/mol. The number of aliphatic hydroxyl groups excluding tert-OH is 1. The summed E-state index contributed by atoms with van der Waals surface area (Å²) in [4.78, 5) is 44.7. The van der Waals surface area contributed by atoms with Crippen molar-refractivity contribution in [3.05, 3.63) is 74.8 Å². The van der Waals surface area contributed by atoms with Crippen molar-refractivity contribution >= 4 is 51.5 Å². The first-order valence-electron chi connectivity index (χ1n) is 11.1. The number of nitrogens with zero attached hydrogens (tertiary/aromatic N) is 2. The number of esters is 1. The van der Waals surface area contributed by atoms with Gasteiger partial charge in [-0.2, -0.15) is 0 Å². The highest BCUT2D eigenvalue weighted by molar-refractivity contribution is 7.17. The monoisotopic (exact) mass is 542 g/mol. The van der Waals surface area contributed by atoms with E-state index >= 15 is 0 Å². The van der Waals surface area contributed by atoms with Crippen molar-refractivity contribution in [1.82, 2.24) is 4.98 Å². The third-order valence-corrected chi connectivity index (χ3v) is 7.12. The van der Waals surface area contributed by atoms with E-state index in [1.54, 1.807) is 49.4 Å². The Morgan fingerprint density at radius 3 is 2.46 bits per heavy atom. The smallest absolute Gasteiger partial charge is 0.350 e. The van der Waals surface area contributed by atoms with Crippen LogP contribution in [0.3, 0.4) is 0 Å². The lowest BCUT2D eigenvalue weighted by Crippen LogP contribution is -2.29. The van der Waals surface area contributed by atoms with E-state index in [4.69, 9.17) is 25.8 Å². The first-order chi connectivity index (χ1) is 17.7. The van der Waals surface area contributed by atoms with E-state index in [1.807, 2.05) is 6.92 Å². The highest BCUT2D eigenvalue weighted by atomic mass is 35.5. The van der Waals surface area contributed by atoms with Crippen LogP contribution in [0.25, 0.3) is 5.76 Å². The van der Waals surface area contributed by atoms with Crippen molar-refractivity contribution in [2.75, 3.05) is 25.7 Å². The number of halogens is 1. The maximum Gasteiger partial charge on any atom is 0.350 e. The minimum absolute atomic E-state index is 0.105. The van der Waals surface area contributed by atoms with Gasteiger partial charge < -0.3 is 19.3 Å². The normalized spacial score (nSPS) is 16.7. The number of amides is 1. The van der Waals surface area contributed by atoms with Crippen LogP contribution in [-0.2, 0) is 14.3 Å². The Morgan fingerprint density at radius 1 is 1.14 bits per heavy atom. The van der Waals surface area contributed by atoms with Crippen LogP contribution in [0.15, 0.2) is 48.0 Å². The number of hydrogen-bond donors (Lipinski definition) is 1. The zero-order valence-corrected chi connectivity index (χ0v) is 22.0. The van der Waals surface area contributed by atoms with Crippen LogP contribution in [0.1, 0.15) is 39.5 Å². The Kier molecular flexibility index (Phi) is 7.51. The molecule has 9 nitrogen and oxygen atoms in total. The van der Waals surface area contributed by atoms with Crippen molar-refractivity contribution in [1.29, 1.82) is 0 Å². The number of ketones is 1. The summed E-state index contributed by atoms with van der Waals surface area (Å²) in [6, 6.07) is 10.1. The van der Waals surface area contributed by atoms with Gasteiger partial charge in [-0.25, -0.2) is 9.78 Å². The van der Waals surface area contributed by atoms with E-state index in [2.05, 4.69) is 4.98 Å². The number of carbonyl (C=O) groups excluding carboxylic acids is 3. The van der Waals surface area contributed by atoms with Gasteiger partial charge in [-0.1, -0.05) is 29.0 Å². The number of methoxy groups -OCH3 is 2. The minimum atomic E-state index is -1.07. The Bertz CT molecular complexity index is 1410. The Hall–Kier alpha value is -3.89. The molecule has 0 saturated carbocycles. The second kappa shape index (κ2) is 10.6. The summed E-state index contributed by atoms with van der Waals surface area (Å²) in [7, 11) is 2.71. The molecule has 2 aromatic carbocycles. The average molecular weight is 543 g/mol. The fourth-order valence-corrected chi connectivity index (χ4v) is 5.14. The number of carbonyl (C=O) groups is 3. The molecule has 1 saturated heterocycles. The summed E-state index contributed by atoms with van der Waals surface area (Å²) in [5.41, 5.74) is 0.957. The molecule has 1 aliphatic rings. The number of Topliss-reactive ketones (excluding diaryl/α,β-unsaturated/α-hetero) is 1. The van der Waals surface area contributed by atoms with Crippen molar-refractivity contribution in [2.24, 2.45) is 0 Å². The van der Waals surface area contributed by atoms with Gasteiger partial charge in [0.25, 0.3) is 5.78 Å². The number of thiazole rings is 1. The van der Waals surface area contributed by atoms with Gasteiger partial charge in [0.15, 0.2) is 16.6 Å². The molecule has 1 atom stereocenters. The third-order valence-electron chi connectivity index (χ3n) is 5.73. The molecule has 0 aliphatic carbocycles. The average Bonchev–Trinajstić information content (AvgIpc) is 3.40. The molecule has 2 heterocycles. The first-order valence-corrected chi connectivity index (χ1v) is 12.3. The Labute approximate surface area is 221 Å². The summed E-state index contributed by atoms with van der Waals surface area (Å²) in [6.45, 7) is 3.84. The van der Waals surface area contributed by atoms with E-state index in [-0.39, 0.29) is 21.3 Å². The van der Waals surface area contributed by atoms with Gasteiger partial charge in [-0.05, 0) is 55.8 Å². The number of rotatable bonds is 7. The van der Waals surface area contributed by atoms with Gasteiger partial charge in [-0.15, -0.1) is 0 Å². The van der Waals surface area contributed by atoms with Crippen LogP contribution in [0.2, 0.25) is 5.02 Å². The van der Waals surface area contributed by atoms with Crippen LogP contribution in [0, 0.1) is 6.92 Å². The lowest BCUT2D eigenvalue weighted by Gasteiger charge is -2.24. The van der Waals surface area contributed by atoms with Crippen molar-refractivity contribution in [3.8, 4) is 11.5 Å². The first kappa shape index (κ1) is 26.2. The fraction of sp³-hybridized carbons (Fsp3) is 0.231. The van der Waals surface area contributed by atoms with Gasteiger partial charge in [0.1, 0.15) is 10.6 Å². The molecule has 0 radical (unpaired) electrons. The number of anilines is 1. The lowest BCUT2D eigenvalue weighted by atomic mass is 9.95. The number of benzene rings is 2. The van der Waals surface area contributed by atoms with Gasteiger partial charge >= 0.3 is 11.9 Å². The van der Waals surface area contributed by atoms with Crippen molar-refractivity contribution in [2.45, 2.75) is 19.9 Å². The largest absolute Gasteiger partial charge is 0.507 e. The maximum absolute atomic E-state index is 13.4. The molecule has 11 heteroatoms. The van der Waals surface area contributed by atoms with Crippen LogP contribution < -0.4 is 14.4 Å². The molecule has 3 aromatic rings. The Morgan fingerprint density at radius 2 is 1.84 bits per heavy atom. The molecule has 37 heavy (non-hydrogen) atoms. The molecule has 1 unspecified atom stereocenters. The molecule has 1 aliphatic heterocycles. The molecule has 1 aromatic heterocycles. The SMILES string of the molecule is CCOc1ccc(C2/C(=C(/O)c3ccc(Cl)cc3)C(=O)C(=O)N2c2nc(C)c(C(=O)OC)s2)cc1OC. The van der Waals surface area contributed by atoms with Gasteiger partial charge in [0.2, 0.25) is 0 Å². The van der Waals surface area contributed by atoms with Crippen molar-refractivity contribution in [3.63, 3.8) is 0 Å². The number of ether oxygens (including phenoxy) is 3. The number of hydrogen-bond acceptors (Lipinski definition) is 9. The highest BCUT2D eigenvalue weighted by Gasteiger charge is 2.48. The zero-order chi connectivity index (χ0) is 26.9. The van der Waals surface area contributed by atoms with Gasteiger partial charge in [0.05, 0.1) is 38.1 Å². The maximum atomic E-state index is 13.4. The summed E-state index contributed by atoms with van der Waals surface area (Å²) in [5, 5.41) is 11.8. The fourth-order valence-electron chi connectivity index (χ4n) is 4.00. The lowest BCUT2D eigenvalue weighted by molar-refractivity contribution is -0.132. The molecule has 0 bridgehead atoms. The van der Waals surface area contributed by atoms with Crippen LogP contribution in [0.4, 0.5) is 5.13 Å². The topological polar surface area (TPSA) is 115 Å². The molecule has 1 amide bonds. The number of aliphatic hydroxyl groups is 1. The third kappa shape index (κ3) is 4.77. The molecule has 192 valence electrons. The van der Waals surface area contributed by atoms with Crippen LogP contribution in [-0.4, -0.2) is 48.6 Å². The minimum Gasteiger partial charge on any atom is -0.507 e. The quantitative estimate of drug-likeness (QED) is 0.193. The van der Waals surface area contributed by atoms with E-state index < -0.39 is 23.7 Å². The predicted molar refractivity (Wildman–Crippen MR) is 139 cm³/mol. The van der Waals surface area contributed by atoms with E-state index in [9.17, 15) is 19.5 Å². The zero-order valence-electron chi connectivity index (χ0n) is 20.4. The van der Waals surface area contributed by atoms with Crippen molar-refractivity contribution < 1.29 is 33.7 Å². The van der Waals surface area contributed by atoms with E-state index in [1.165, 1.54) is 19.1 Å². The van der Waals surface area contributed by atoms with E-state index in [0.717, 1.165) is 11.3 Å². The summed E-state index contributed by atoms with van der Waals surface area (Å²) >= 11 is 6.90. The number of aryl methyl sites for hydroxylation is 1. The molecule has 4 rings (SSSR count). The van der Waals surface area contributed by atoms with Crippen LogP contribution in [0.5, 0.6) is 11.5 Å². The van der Waals surface area contributed by atoms with E-state index in [0.29, 0.717) is 39.9 Å². The van der Waals surface area contributed by atoms with Gasteiger partial charge in [0, 0.05) is 10.6 Å². The predicted octanol–water partition coefficient (Wildman–Crippen LogP) is 4.93. The number of aromatic nitrogens is 1. The molecule has 1 fully saturated rings. The second-order valence-corrected chi connectivity index (χ2v) is 9.34. The Balaban J connectivity index is 1.95. The molecular formula is C26H23ClN2O7S. The summed E-state index contributed by atoms with van der Waals surface area (Å²) in [5.74, 6) is -1.95. The highest BCUT2D eigenvalue weighted by Crippen LogP contribution is 2.45. The standard InChI is InChI=1S/C26H23ClN2O7S/c1-5-36-17-11-8-15(12-18(17)34-3)20-19(21(30)14-6-9-16(27)10-7-14)22(31)24(32)29(20)26-28-13(2)23(37-26)25(33)35-4/h6-12,20,30H,5H2,1-4H3/b21-19-. The summed E-state index contributed by atoms with van der Waals surface area (Å²) in [6.07, 6.45) is 0. The summed E-state index contributed by atoms with van der Waals surface area (Å²) < 4.78 is 15.9. The molecule has 1 N–H and O–H groups in total. The van der Waals surface area contributed by atoms with Crippen LogP contribution >= 0.6 is 22.9 Å². The second-order valence-electron chi connectivity index (χ2n) is 7.92.